The second-order valence-corrected chi connectivity index (χ2v) is 6.39. The number of hydrogen-bond acceptors (Lipinski definition) is 2. The van der Waals surface area contributed by atoms with Crippen LogP contribution < -0.4 is 5.32 Å². The Bertz CT molecular complexity index is 459. The molecule has 0 spiro atoms. The van der Waals surface area contributed by atoms with Crippen molar-refractivity contribution in [2.75, 3.05) is 11.9 Å². The van der Waals surface area contributed by atoms with Crippen molar-refractivity contribution in [3.8, 4) is 0 Å². The van der Waals surface area contributed by atoms with Gasteiger partial charge in [-0.05, 0) is 53.6 Å². The molecule has 0 aliphatic heterocycles. The molecule has 1 heterocycles. The summed E-state index contributed by atoms with van der Waals surface area (Å²) in [7, 11) is 0. The molecule has 0 radical (unpaired) electrons. The fraction of sp³-hybridized carbons (Fsp3) is 0.500. The average Bonchev–Trinajstić information content (AvgIpc) is 2.29. The molecule has 1 N–H and O–H groups in total. The minimum Gasteiger partial charge on any atom is -0.383 e. The quantitative estimate of drug-likeness (QED) is 0.630. The lowest BCUT2D eigenvalue weighted by Crippen LogP contribution is -2.20. The van der Waals surface area contributed by atoms with Gasteiger partial charge in [0.1, 0.15) is 5.15 Å². The van der Waals surface area contributed by atoms with Gasteiger partial charge in [-0.25, -0.2) is 4.98 Å². The highest BCUT2D eigenvalue weighted by Gasteiger charge is 2.17. The molecule has 0 aromatic carbocycles. The maximum absolute atomic E-state index is 5.87. The SMILES string of the molecule is CC1=CC(C)CC(CNc2cnc(Cl)c(Br)c2)C1. The van der Waals surface area contributed by atoms with E-state index in [-0.39, 0.29) is 0 Å². The molecule has 1 aromatic rings. The van der Waals surface area contributed by atoms with E-state index in [4.69, 9.17) is 11.6 Å². The summed E-state index contributed by atoms with van der Waals surface area (Å²) in [5, 5.41) is 3.95. The van der Waals surface area contributed by atoms with E-state index in [9.17, 15) is 0 Å². The van der Waals surface area contributed by atoms with E-state index in [2.05, 4.69) is 46.2 Å². The first-order valence-corrected chi connectivity index (χ1v) is 7.44. The van der Waals surface area contributed by atoms with Gasteiger partial charge in [0.05, 0.1) is 16.4 Å². The normalized spacial score (nSPS) is 23.7. The molecule has 98 valence electrons. The number of rotatable bonds is 3. The largest absolute Gasteiger partial charge is 0.383 e. The zero-order valence-corrected chi connectivity index (χ0v) is 13.1. The van der Waals surface area contributed by atoms with E-state index in [1.54, 1.807) is 6.20 Å². The summed E-state index contributed by atoms with van der Waals surface area (Å²) in [6, 6.07) is 1.98. The predicted molar refractivity (Wildman–Crippen MR) is 81.1 cm³/mol. The van der Waals surface area contributed by atoms with Crippen molar-refractivity contribution in [1.29, 1.82) is 0 Å². The highest BCUT2D eigenvalue weighted by molar-refractivity contribution is 9.10. The highest BCUT2D eigenvalue weighted by Crippen LogP contribution is 2.28. The molecule has 1 aromatic heterocycles. The van der Waals surface area contributed by atoms with E-state index in [0.29, 0.717) is 17.0 Å². The van der Waals surface area contributed by atoms with Gasteiger partial charge in [0, 0.05) is 6.54 Å². The number of hydrogen-bond donors (Lipinski definition) is 1. The molecule has 0 saturated heterocycles. The van der Waals surface area contributed by atoms with Gasteiger partial charge in [-0.1, -0.05) is 30.2 Å². The summed E-state index contributed by atoms with van der Waals surface area (Å²) in [5.74, 6) is 1.40. The summed E-state index contributed by atoms with van der Waals surface area (Å²) in [6.45, 7) is 5.50. The van der Waals surface area contributed by atoms with Crippen LogP contribution in [0.3, 0.4) is 0 Å². The molecule has 0 bridgehead atoms. The Hall–Kier alpha value is -0.540. The number of allylic oxidation sites excluding steroid dienone is 2. The van der Waals surface area contributed by atoms with Gasteiger partial charge in [0.25, 0.3) is 0 Å². The molecule has 18 heavy (non-hydrogen) atoms. The van der Waals surface area contributed by atoms with Gasteiger partial charge in [0.2, 0.25) is 0 Å². The van der Waals surface area contributed by atoms with Crippen molar-refractivity contribution in [2.45, 2.75) is 26.7 Å². The molecule has 2 nitrogen and oxygen atoms in total. The van der Waals surface area contributed by atoms with Gasteiger partial charge in [-0.15, -0.1) is 0 Å². The molecule has 2 unspecified atom stereocenters. The Kier molecular flexibility index (Phi) is 4.68. The Morgan fingerprint density at radius 1 is 1.56 bits per heavy atom. The first-order chi connectivity index (χ1) is 8.54. The van der Waals surface area contributed by atoms with Gasteiger partial charge in [-0.2, -0.15) is 0 Å². The van der Waals surface area contributed by atoms with E-state index < -0.39 is 0 Å². The van der Waals surface area contributed by atoms with Crippen LogP contribution in [-0.4, -0.2) is 11.5 Å². The molecule has 2 rings (SSSR count). The lowest BCUT2D eigenvalue weighted by Gasteiger charge is -2.25. The van der Waals surface area contributed by atoms with Crippen LogP contribution in [0.25, 0.3) is 0 Å². The zero-order chi connectivity index (χ0) is 13.1. The lowest BCUT2D eigenvalue weighted by molar-refractivity contribution is 0.421. The number of aromatic nitrogens is 1. The Balaban J connectivity index is 1.92. The van der Waals surface area contributed by atoms with Crippen molar-refractivity contribution in [2.24, 2.45) is 11.8 Å². The van der Waals surface area contributed by atoms with Crippen LogP contribution >= 0.6 is 27.5 Å². The van der Waals surface area contributed by atoms with Crippen molar-refractivity contribution in [3.63, 3.8) is 0 Å². The van der Waals surface area contributed by atoms with Crippen molar-refractivity contribution >= 4 is 33.2 Å². The molecule has 0 amide bonds. The van der Waals surface area contributed by atoms with Crippen molar-refractivity contribution in [3.05, 3.63) is 33.5 Å². The minimum atomic E-state index is 0.505. The van der Waals surface area contributed by atoms with Gasteiger partial charge in [0.15, 0.2) is 0 Å². The van der Waals surface area contributed by atoms with E-state index in [0.717, 1.165) is 16.7 Å². The van der Waals surface area contributed by atoms with E-state index in [1.165, 1.54) is 18.4 Å². The second kappa shape index (κ2) is 6.07. The van der Waals surface area contributed by atoms with Crippen LogP contribution in [0.4, 0.5) is 5.69 Å². The van der Waals surface area contributed by atoms with Gasteiger partial charge in [-0.3, -0.25) is 0 Å². The Morgan fingerprint density at radius 2 is 2.33 bits per heavy atom. The van der Waals surface area contributed by atoms with Crippen LogP contribution in [-0.2, 0) is 0 Å². The third kappa shape index (κ3) is 3.72. The minimum absolute atomic E-state index is 0.505. The average molecular weight is 330 g/mol. The Morgan fingerprint density at radius 3 is 3.00 bits per heavy atom. The fourth-order valence-electron chi connectivity index (χ4n) is 2.62. The van der Waals surface area contributed by atoms with Crippen molar-refractivity contribution < 1.29 is 0 Å². The number of nitrogens with one attached hydrogen (secondary N) is 1. The lowest BCUT2D eigenvalue weighted by atomic mass is 9.84. The second-order valence-electron chi connectivity index (χ2n) is 5.17. The van der Waals surface area contributed by atoms with E-state index >= 15 is 0 Å². The monoisotopic (exact) mass is 328 g/mol. The number of nitrogens with zero attached hydrogens (tertiary/aromatic N) is 1. The molecule has 0 fully saturated rings. The third-order valence-electron chi connectivity index (χ3n) is 3.28. The number of pyridine rings is 1. The third-order valence-corrected chi connectivity index (χ3v) is 4.41. The predicted octanol–water partition coefficient (Wildman–Crippen LogP) is 4.90. The highest BCUT2D eigenvalue weighted by atomic mass is 79.9. The number of halogens is 2. The van der Waals surface area contributed by atoms with Crippen molar-refractivity contribution in [1.82, 2.24) is 4.98 Å². The van der Waals surface area contributed by atoms with Gasteiger partial charge < -0.3 is 5.32 Å². The van der Waals surface area contributed by atoms with Gasteiger partial charge >= 0.3 is 0 Å². The molecular weight excluding hydrogens is 312 g/mol. The molecule has 1 aliphatic rings. The summed E-state index contributed by atoms with van der Waals surface area (Å²) in [6.07, 6.45) is 6.62. The van der Waals surface area contributed by atoms with Crippen LogP contribution in [0.15, 0.2) is 28.4 Å². The maximum Gasteiger partial charge on any atom is 0.143 e. The molecule has 1 aliphatic carbocycles. The van der Waals surface area contributed by atoms with Crippen LogP contribution in [0.1, 0.15) is 26.7 Å². The van der Waals surface area contributed by atoms with Crippen LogP contribution in [0.2, 0.25) is 5.15 Å². The Labute approximate surface area is 122 Å². The summed E-state index contributed by atoms with van der Waals surface area (Å²) in [5.41, 5.74) is 2.53. The summed E-state index contributed by atoms with van der Waals surface area (Å²) < 4.78 is 0.835. The molecule has 0 saturated carbocycles. The standard InChI is InChI=1S/C14H18BrClN2/c1-9-3-10(2)5-11(4-9)7-17-12-6-13(15)14(16)18-8-12/h3,6,8-9,11,17H,4-5,7H2,1-2H3. The summed E-state index contributed by atoms with van der Waals surface area (Å²) >= 11 is 9.26. The summed E-state index contributed by atoms with van der Waals surface area (Å²) in [4.78, 5) is 4.12. The number of anilines is 1. The fourth-order valence-corrected chi connectivity index (χ4v) is 3.07. The zero-order valence-electron chi connectivity index (χ0n) is 10.7. The molecule has 4 heteroatoms. The van der Waals surface area contributed by atoms with E-state index in [1.807, 2.05) is 6.07 Å². The maximum atomic E-state index is 5.87. The first kappa shape index (κ1) is 13.9. The topological polar surface area (TPSA) is 24.9 Å². The van der Waals surface area contributed by atoms with Crippen LogP contribution in [0.5, 0.6) is 0 Å². The smallest absolute Gasteiger partial charge is 0.143 e. The first-order valence-electron chi connectivity index (χ1n) is 6.27. The molecular formula is C14H18BrClN2. The molecule has 2 atom stereocenters. The van der Waals surface area contributed by atoms with Crippen LogP contribution in [0, 0.1) is 11.8 Å².